The molecule has 0 aromatic carbocycles. The van der Waals surface area contributed by atoms with Crippen LogP contribution in [0.2, 0.25) is 0 Å². The molecule has 2 atom stereocenters. The lowest BCUT2D eigenvalue weighted by Gasteiger charge is -2.35. The minimum absolute atomic E-state index is 0.0883. The smallest absolute Gasteiger partial charge is 0.260 e. The monoisotopic (exact) mass is 610 g/mol. The molecule has 2 aromatic heterocycles. The summed E-state index contributed by atoms with van der Waals surface area (Å²) in [5, 5.41) is 12.8. The van der Waals surface area contributed by atoms with Gasteiger partial charge in [-0.05, 0) is 37.0 Å². The highest BCUT2D eigenvalue weighted by Gasteiger charge is 2.61. The number of hydrogen-bond donors (Lipinski definition) is 4. The van der Waals surface area contributed by atoms with Gasteiger partial charge in [-0.3, -0.25) is 4.79 Å². The Hall–Kier alpha value is -2.50. The Morgan fingerprint density at radius 3 is 2.49 bits per heavy atom. The standard InChI is InChI=1S/C22H26F4N6O4S3/c1-32-15(6-16(30-32)36-2)28-20(37)27-10-3-4-14-12(5-10)17(39(34,35)31-11-7-21(23,24)8-11)19(38-14)29-18(33)13-9-22(13,25)26/h6,10-11,13,31H,3-5,7-9H2,1-2H3,(H,29,33)(H2,27,28,37)/t10-,13?/m0/s1. The van der Waals surface area contributed by atoms with Gasteiger partial charge in [0.25, 0.3) is 11.8 Å². The lowest BCUT2D eigenvalue weighted by Crippen LogP contribution is -2.50. The van der Waals surface area contributed by atoms with E-state index in [1.807, 2.05) is 0 Å². The van der Waals surface area contributed by atoms with E-state index in [1.54, 1.807) is 13.1 Å². The fourth-order valence-corrected chi connectivity index (χ4v) is 8.24. The molecule has 3 aliphatic carbocycles. The summed E-state index contributed by atoms with van der Waals surface area (Å²) in [6.45, 7) is 0. The second kappa shape index (κ2) is 9.85. The van der Waals surface area contributed by atoms with Crippen molar-refractivity contribution in [1.82, 2.24) is 19.8 Å². The van der Waals surface area contributed by atoms with E-state index in [-0.39, 0.29) is 27.5 Å². The van der Waals surface area contributed by atoms with Crippen molar-refractivity contribution in [3.8, 4) is 5.88 Å². The van der Waals surface area contributed by atoms with Gasteiger partial charge in [-0.25, -0.2) is 35.4 Å². The number of aryl methyl sites for hydroxylation is 2. The van der Waals surface area contributed by atoms with E-state index in [9.17, 15) is 30.8 Å². The molecule has 17 heteroatoms. The number of hydrogen-bond acceptors (Lipinski definition) is 7. The van der Waals surface area contributed by atoms with Gasteiger partial charge < -0.3 is 20.7 Å². The molecule has 0 aliphatic heterocycles. The Balaban J connectivity index is 1.36. The Bertz CT molecular complexity index is 1420. The number of carbonyl (C=O) groups is 1. The average molecular weight is 611 g/mol. The van der Waals surface area contributed by atoms with Gasteiger partial charge in [-0.1, -0.05) is 0 Å². The number of aromatic nitrogens is 2. The number of carbonyl (C=O) groups excluding carboxylic acids is 1. The highest BCUT2D eigenvalue weighted by molar-refractivity contribution is 7.90. The third-order valence-electron chi connectivity index (χ3n) is 6.92. The van der Waals surface area contributed by atoms with Gasteiger partial charge in [0, 0.05) is 49.3 Å². The first kappa shape index (κ1) is 28.0. The van der Waals surface area contributed by atoms with Crippen molar-refractivity contribution in [3.63, 3.8) is 0 Å². The molecule has 214 valence electrons. The molecule has 2 aromatic rings. The maximum Gasteiger partial charge on any atom is 0.260 e. The number of sulfonamides is 1. The van der Waals surface area contributed by atoms with Crippen molar-refractivity contribution in [2.75, 3.05) is 17.7 Å². The number of fused-ring (bicyclic) bond motifs is 1. The van der Waals surface area contributed by atoms with Crippen LogP contribution >= 0.6 is 23.6 Å². The average Bonchev–Trinajstić information content (AvgIpc) is 3.12. The van der Waals surface area contributed by atoms with Crippen molar-refractivity contribution < 1.29 is 35.5 Å². The van der Waals surface area contributed by atoms with E-state index >= 15 is 0 Å². The minimum atomic E-state index is -4.36. The van der Waals surface area contributed by atoms with Gasteiger partial charge >= 0.3 is 0 Å². The predicted octanol–water partition coefficient (Wildman–Crippen LogP) is 3.00. The van der Waals surface area contributed by atoms with E-state index in [2.05, 4.69) is 25.8 Å². The molecular weight excluding hydrogens is 584 g/mol. The first-order valence-corrected chi connectivity index (χ1v) is 14.8. The molecule has 1 amide bonds. The van der Waals surface area contributed by atoms with Gasteiger partial charge in [0.05, 0.1) is 7.11 Å². The number of amides is 1. The molecule has 3 aliphatic rings. The van der Waals surface area contributed by atoms with Crippen LogP contribution in [0.15, 0.2) is 11.0 Å². The van der Waals surface area contributed by atoms with Gasteiger partial charge in [-0.2, -0.15) is 0 Å². The number of thiocarbonyl (C=S) groups is 1. The van der Waals surface area contributed by atoms with E-state index in [4.69, 9.17) is 17.0 Å². The van der Waals surface area contributed by atoms with E-state index < -0.39 is 59.0 Å². The maximum atomic E-state index is 13.5. The summed E-state index contributed by atoms with van der Waals surface area (Å²) in [7, 11) is -1.19. The van der Waals surface area contributed by atoms with Crippen LogP contribution in [0.5, 0.6) is 5.88 Å². The molecule has 0 radical (unpaired) electrons. The number of ether oxygens (including phenoxy) is 1. The largest absolute Gasteiger partial charge is 0.480 e. The highest BCUT2D eigenvalue weighted by Crippen LogP contribution is 2.50. The van der Waals surface area contributed by atoms with Gasteiger partial charge in [-0.15, -0.1) is 16.4 Å². The van der Waals surface area contributed by atoms with Crippen molar-refractivity contribution in [3.05, 3.63) is 16.5 Å². The van der Waals surface area contributed by atoms with Crippen molar-refractivity contribution >= 4 is 55.4 Å². The zero-order valence-corrected chi connectivity index (χ0v) is 23.3. The zero-order valence-electron chi connectivity index (χ0n) is 20.8. The van der Waals surface area contributed by atoms with Crippen molar-refractivity contribution in [1.29, 1.82) is 0 Å². The zero-order chi connectivity index (χ0) is 28.3. The molecule has 0 saturated heterocycles. The maximum absolute atomic E-state index is 13.5. The first-order valence-electron chi connectivity index (χ1n) is 12.1. The Kier molecular flexibility index (Phi) is 7.08. The Morgan fingerprint density at radius 1 is 1.21 bits per heavy atom. The summed E-state index contributed by atoms with van der Waals surface area (Å²) in [4.78, 5) is 12.8. The van der Waals surface area contributed by atoms with Gasteiger partial charge in [0.2, 0.25) is 21.8 Å². The number of anilines is 2. The SMILES string of the molecule is COc1cc(NC(=S)N[C@H]2CCc3sc(NC(=O)C4CC4(F)F)c(S(=O)(=O)NC4CC(F)(F)C4)c3C2)n(C)n1. The van der Waals surface area contributed by atoms with Gasteiger partial charge in [0.1, 0.15) is 21.6 Å². The van der Waals surface area contributed by atoms with Crippen LogP contribution in [0.1, 0.15) is 36.1 Å². The summed E-state index contributed by atoms with van der Waals surface area (Å²) in [6, 6.07) is 0.368. The normalized spacial score (nSPS) is 23.3. The second-order valence-corrected chi connectivity index (χ2v) is 13.1. The lowest BCUT2D eigenvalue weighted by molar-refractivity contribution is -0.119. The summed E-state index contributed by atoms with van der Waals surface area (Å²) in [6.07, 6.45) is -0.705. The molecular formula is C22H26F4N6O4S3. The van der Waals surface area contributed by atoms with Crippen LogP contribution in [0.25, 0.3) is 0 Å². The summed E-state index contributed by atoms with van der Waals surface area (Å²) >= 11 is 6.42. The Labute approximate surface area is 230 Å². The van der Waals surface area contributed by atoms with Crippen molar-refractivity contribution in [2.45, 2.75) is 67.3 Å². The third-order valence-corrected chi connectivity index (χ3v) is 10.1. The van der Waals surface area contributed by atoms with E-state index in [1.165, 1.54) is 11.8 Å². The number of alkyl halides is 4. The molecule has 2 heterocycles. The Morgan fingerprint density at radius 2 is 1.90 bits per heavy atom. The highest BCUT2D eigenvalue weighted by atomic mass is 32.2. The topological polar surface area (TPSA) is 126 Å². The van der Waals surface area contributed by atoms with Crippen LogP contribution in [-0.4, -0.2) is 60.3 Å². The van der Waals surface area contributed by atoms with Gasteiger partial charge in [0.15, 0.2) is 5.11 Å². The minimum Gasteiger partial charge on any atom is -0.480 e. The molecule has 10 nitrogen and oxygen atoms in total. The summed E-state index contributed by atoms with van der Waals surface area (Å²) in [5.74, 6) is -7.65. The summed E-state index contributed by atoms with van der Waals surface area (Å²) in [5.41, 5.74) is 0.394. The number of methoxy groups -OCH3 is 1. The number of rotatable bonds is 8. The second-order valence-electron chi connectivity index (χ2n) is 9.99. The third kappa shape index (κ3) is 5.85. The fourth-order valence-electron chi connectivity index (χ4n) is 4.76. The van der Waals surface area contributed by atoms with Crippen LogP contribution < -0.4 is 25.4 Å². The van der Waals surface area contributed by atoms with Crippen LogP contribution in [-0.2, 0) is 34.7 Å². The number of halogens is 4. The molecule has 0 spiro atoms. The first-order chi connectivity index (χ1) is 18.2. The predicted molar refractivity (Wildman–Crippen MR) is 139 cm³/mol. The van der Waals surface area contributed by atoms with Crippen molar-refractivity contribution in [2.24, 2.45) is 13.0 Å². The molecule has 2 saturated carbocycles. The number of nitrogens with one attached hydrogen (secondary N) is 4. The summed E-state index contributed by atoms with van der Waals surface area (Å²) < 4.78 is 89.5. The lowest BCUT2D eigenvalue weighted by atomic mass is 9.89. The molecule has 4 N–H and O–H groups in total. The fraction of sp³-hybridized carbons (Fsp3) is 0.591. The molecule has 39 heavy (non-hydrogen) atoms. The van der Waals surface area contributed by atoms with E-state index in [0.717, 1.165) is 11.3 Å². The molecule has 5 rings (SSSR count). The molecule has 0 bridgehead atoms. The van der Waals surface area contributed by atoms with E-state index in [0.29, 0.717) is 35.0 Å². The molecule has 2 fully saturated rings. The van der Waals surface area contributed by atoms with Crippen LogP contribution in [0.3, 0.4) is 0 Å². The van der Waals surface area contributed by atoms with Crippen LogP contribution in [0.4, 0.5) is 28.4 Å². The quantitative estimate of drug-likeness (QED) is 0.266. The number of nitrogens with zero attached hydrogens (tertiary/aromatic N) is 2. The van der Waals surface area contributed by atoms with Crippen LogP contribution in [0, 0.1) is 5.92 Å². The number of thiophene rings is 1. The molecule has 1 unspecified atom stereocenters.